The van der Waals surface area contributed by atoms with E-state index in [9.17, 15) is 0 Å². The Balaban J connectivity index is 1.99. The molecule has 1 aromatic carbocycles. The Labute approximate surface area is 122 Å². The smallest absolute Gasteiger partial charge is 0.0664 e. The van der Waals surface area contributed by atoms with E-state index in [0.29, 0.717) is 5.92 Å². The molecule has 2 aromatic rings. The fourth-order valence-electron chi connectivity index (χ4n) is 2.35. The zero-order valence-electron chi connectivity index (χ0n) is 13.0. The lowest BCUT2D eigenvalue weighted by Crippen LogP contribution is -2.18. The Bertz CT molecular complexity index is 535. The van der Waals surface area contributed by atoms with Gasteiger partial charge in [0.1, 0.15) is 0 Å². The SMILES string of the molecule is Cc1cccc(C)c1Cn1cc(CNCC(C)C)cn1. The third-order valence-electron chi connectivity index (χ3n) is 3.53. The molecule has 0 radical (unpaired) electrons. The fourth-order valence-corrected chi connectivity index (χ4v) is 2.35. The molecule has 0 amide bonds. The van der Waals surface area contributed by atoms with Crippen molar-refractivity contribution in [2.75, 3.05) is 6.54 Å². The number of benzene rings is 1. The van der Waals surface area contributed by atoms with Crippen LogP contribution in [-0.4, -0.2) is 16.3 Å². The fraction of sp³-hybridized carbons (Fsp3) is 0.471. The van der Waals surface area contributed by atoms with E-state index in [1.807, 2.05) is 10.9 Å². The lowest BCUT2D eigenvalue weighted by molar-refractivity contribution is 0.552. The van der Waals surface area contributed by atoms with Gasteiger partial charge >= 0.3 is 0 Å². The van der Waals surface area contributed by atoms with Crippen molar-refractivity contribution in [1.29, 1.82) is 0 Å². The van der Waals surface area contributed by atoms with Crippen molar-refractivity contribution in [1.82, 2.24) is 15.1 Å². The van der Waals surface area contributed by atoms with Gasteiger partial charge in [0.25, 0.3) is 0 Å². The van der Waals surface area contributed by atoms with Gasteiger partial charge in [0.05, 0.1) is 12.7 Å². The van der Waals surface area contributed by atoms with Crippen LogP contribution in [-0.2, 0) is 13.1 Å². The molecule has 3 nitrogen and oxygen atoms in total. The Morgan fingerprint density at radius 1 is 1.20 bits per heavy atom. The van der Waals surface area contributed by atoms with Crippen LogP contribution in [0.5, 0.6) is 0 Å². The van der Waals surface area contributed by atoms with Crippen LogP contribution in [0.4, 0.5) is 0 Å². The van der Waals surface area contributed by atoms with Crippen LogP contribution in [0.3, 0.4) is 0 Å². The summed E-state index contributed by atoms with van der Waals surface area (Å²) in [5.74, 6) is 0.680. The number of aromatic nitrogens is 2. The van der Waals surface area contributed by atoms with Gasteiger partial charge in [-0.25, -0.2) is 0 Å². The van der Waals surface area contributed by atoms with Crippen LogP contribution in [0.25, 0.3) is 0 Å². The molecule has 0 bridgehead atoms. The molecule has 0 unspecified atom stereocenters. The zero-order valence-corrected chi connectivity index (χ0v) is 13.0. The van der Waals surface area contributed by atoms with E-state index in [0.717, 1.165) is 19.6 Å². The topological polar surface area (TPSA) is 29.9 Å². The van der Waals surface area contributed by atoms with Crippen LogP contribution in [0.15, 0.2) is 30.6 Å². The summed E-state index contributed by atoms with van der Waals surface area (Å²) >= 11 is 0. The molecule has 0 saturated carbocycles. The second-order valence-electron chi connectivity index (χ2n) is 5.94. The molecule has 1 N–H and O–H groups in total. The predicted molar refractivity (Wildman–Crippen MR) is 83.8 cm³/mol. The van der Waals surface area contributed by atoms with Crippen LogP contribution >= 0.6 is 0 Å². The van der Waals surface area contributed by atoms with Crippen molar-refractivity contribution >= 4 is 0 Å². The summed E-state index contributed by atoms with van der Waals surface area (Å²) in [5, 5.41) is 7.92. The molecule has 0 aliphatic heterocycles. The van der Waals surface area contributed by atoms with Gasteiger partial charge in [0, 0.05) is 18.3 Å². The predicted octanol–water partition coefficient (Wildman–Crippen LogP) is 3.29. The van der Waals surface area contributed by atoms with Gasteiger partial charge in [-0.2, -0.15) is 5.10 Å². The molecule has 0 aliphatic rings. The number of aryl methyl sites for hydroxylation is 2. The van der Waals surface area contributed by atoms with Gasteiger partial charge in [-0.1, -0.05) is 32.0 Å². The van der Waals surface area contributed by atoms with E-state index in [-0.39, 0.29) is 0 Å². The summed E-state index contributed by atoms with van der Waals surface area (Å²) in [7, 11) is 0. The normalized spacial score (nSPS) is 11.2. The molecule has 0 saturated heterocycles. The number of nitrogens with one attached hydrogen (secondary N) is 1. The molecule has 108 valence electrons. The maximum absolute atomic E-state index is 4.47. The largest absolute Gasteiger partial charge is 0.312 e. The minimum atomic E-state index is 0.680. The van der Waals surface area contributed by atoms with Gasteiger partial charge < -0.3 is 5.32 Å². The summed E-state index contributed by atoms with van der Waals surface area (Å²) in [6.45, 7) is 11.6. The van der Waals surface area contributed by atoms with E-state index >= 15 is 0 Å². The van der Waals surface area contributed by atoms with Gasteiger partial charge in [-0.15, -0.1) is 0 Å². The van der Waals surface area contributed by atoms with Gasteiger partial charge in [0.2, 0.25) is 0 Å². The lowest BCUT2D eigenvalue weighted by Gasteiger charge is -2.09. The lowest BCUT2D eigenvalue weighted by atomic mass is 10.0. The van der Waals surface area contributed by atoms with Crippen molar-refractivity contribution in [2.45, 2.75) is 40.8 Å². The van der Waals surface area contributed by atoms with Crippen LogP contribution in [0, 0.1) is 19.8 Å². The summed E-state index contributed by atoms with van der Waals surface area (Å²) in [5.41, 5.74) is 5.29. The summed E-state index contributed by atoms with van der Waals surface area (Å²) in [6, 6.07) is 6.44. The first-order chi connectivity index (χ1) is 9.56. The average molecular weight is 271 g/mol. The van der Waals surface area contributed by atoms with Gasteiger partial charge in [-0.3, -0.25) is 4.68 Å². The third-order valence-corrected chi connectivity index (χ3v) is 3.53. The summed E-state index contributed by atoms with van der Waals surface area (Å²) < 4.78 is 2.03. The highest BCUT2D eigenvalue weighted by molar-refractivity contribution is 5.33. The van der Waals surface area contributed by atoms with Crippen LogP contribution < -0.4 is 5.32 Å². The first kappa shape index (κ1) is 14.8. The number of hydrogen-bond donors (Lipinski definition) is 1. The van der Waals surface area contributed by atoms with Crippen molar-refractivity contribution in [3.05, 3.63) is 52.8 Å². The highest BCUT2D eigenvalue weighted by atomic mass is 15.3. The van der Waals surface area contributed by atoms with Gasteiger partial charge in [0.15, 0.2) is 0 Å². The zero-order chi connectivity index (χ0) is 14.5. The monoisotopic (exact) mass is 271 g/mol. The molecule has 2 rings (SSSR count). The minimum Gasteiger partial charge on any atom is -0.312 e. The minimum absolute atomic E-state index is 0.680. The first-order valence-corrected chi connectivity index (χ1v) is 7.33. The molecule has 20 heavy (non-hydrogen) atoms. The molecule has 1 heterocycles. The summed E-state index contributed by atoms with van der Waals surface area (Å²) in [6.07, 6.45) is 4.10. The Morgan fingerprint density at radius 3 is 2.55 bits per heavy atom. The average Bonchev–Trinajstić information content (AvgIpc) is 2.81. The second-order valence-corrected chi connectivity index (χ2v) is 5.94. The second kappa shape index (κ2) is 6.71. The maximum atomic E-state index is 4.47. The van der Waals surface area contributed by atoms with Gasteiger partial charge in [-0.05, 0) is 43.0 Å². The van der Waals surface area contributed by atoms with E-state index in [4.69, 9.17) is 0 Å². The third kappa shape index (κ3) is 3.94. The molecular weight excluding hydrogens is 246 g/mol. The molecule has 0 fully saturated rings. The Hall–Kier alpha value is -1.61. The van der Waals surface area contributed by atoms with Crippen molar-refractivity contribution in [3.8, 4) is 0 Å². The van der Waals surface area contributed by atoms with E-state index in [2.05, 4.69) is 62.5 Å². The molecule has 3 heteroatoms. The standard InChI is InChI=1S/C17H25N3/c1-13(2)8-18-9-16-10-19-20(11-16)12-17-14(3)6-5-7-15(17)4/h5-7,10-11,13,18H,8-9,12H2,1-4H3. The molecule has 0 spiro atoms. The summed E-state index contributed by atoms with van der Waals surface area (Å²) in [4.78, 5) is 0. The quantitative estimate of drug-likeness (QED) is 0.873. The van der Waals surface area contributed by atoms with Crippen molar-refractivity contribution in [3.63, 3.8) is 0 Å². The maximum Gasteiger partial charge on any atom is 0.0664 e. The van der Waals surface area contributed by atoms with Crippen molar-refractivity contribution < 1.29 is 0 Å². The molecule has 0 aliphatic carbocycles. The van der Waals surface area contributed by atoms with Crippen molar-refractivity contribution in [2.24, 2.45) is 5.92 Å². The number of rotatable bonds is 6. The van der Waals surface area contributed by atoms with E-state index in [1.165, 1.54) is 22.3 Å². The Morgan fingerprint density at radius 2 is 1.90 bits per heavy atom. The highest BCUT2D eigenvalue weighted by Gasteiger charge is 2.05. The van der Waals surface area contributed by atoms with Crippen LogP contribution in [0.1, 0.15) is 36.1 Å². The highest BCUT2D eigenvalue weighted by Crippen LogP contribution is 2.14. The first-order valence-electron chi connectivity index (χ1n) is 7.33. The Kier molecular flexibility index (Phi) is 4.96. The number of hydrogen-bond acceptors (Lipinski definition) is 2. The molecular formula is C17H25N3. The molecule has 0 atom stereocenters. The number of nitrogens with zero attached hydrogens (tertiary/aromatic N) is 2. The van der Waals surface area contributed by atoms with E-state index < -0.39 is 0 Å². The van der Waals surface area contributed by atoms with E-state index in [1.54, 1.807) is 0 Å². The molecule has 1 aromatic heterocycles. The van der Waals surface area contributed by atoms with Crippen LogP contribution in [0.2, 0.25) is 0 Å².